The fourth-order valence-electron chi connectivity index (χ4n) is 8.91. The topological polar surface area (TPSA) is 113 Å². The smallest absolute Gasteiger partial charge is 0.305 e. The molecule has 0 spiro atoms. The molecule has 1 saturated heterocycles. The average molecular weight is 523 g/mol. The minimum Gasteiger partial charge on any atom is -0.466 e. The molecule has 0 aromatic carbocycles. The third kappa shape index (κ3) is 6.19. The van der Waals surface area contributed by atoms with Crippen molar-refractivity contribution in [2.45, 2.75) is 122 Å². The average Bonchev–Trinajstić information content (AvgIpc) is 3.14. The van der Waals surface area contributed by atoms with Crippen molar-refractivity contribution in [3.05, 3.63) is 0 Å². The van der Waals surface area contributed by atoms with Gasteiger partial charge in [-0.1, -0.05) is 13.8 Å². The van der Waals surface area contributed by atoms with E-state index in [2.05, 4.69) is 13.8 Å². The first-order valence-electron chi connectivity index (χ1n) is 14.9. The maximum atomic E-state index is 12.4. The Morgan fingerprint density at radius 1 is 0.784 bits per heavy atom. The highest BCUT2D eigenvalue weighted by Crippen LogP contribution is 2.61. The zero-order valence-corrected chi connectivity index (χ0v) is 23.2. The van der Waals surface area contributed by atoms with Gasteiger partial charge in [-0.15, -0.1) is 0 Å². The zero-order valence-electron chi connectivity index (χ0n) is 23.2. The molecule has 212 valence electrons. The van der Waals surface area contributed by atoms with E-state index in [4.69, 9.17) is 9.47 Å². The summed E-state index contributed by atoms with van der Waals surface area (Å²) in [4.78, 5) is 24.5. The number of aliphatic hydroxyl groups is 3. The predicted octanol–water partition coefficient (Wildman–Crippen LogP) is 4.39. The van der Waals surface area contributed by atoms with E-state index >= 15 is 0 Å². The van der Waals surface area contributed by atoms with Crippen molar-refractivity contribution in [1.82, 2.24) is 0 Å². The Hall–Kier alpha value is -1.18. The summed E-state index contributed by atoms with van der Waals surface area (Å²) in [5.41, 5.74) is -0.970. The number of cyclic esters (lactones) is 2. The van der Waals surface area contributed by atoms with Crippen molar-refractivity contribution >= 4 is 11.9 Å². The number of aliphatic hydroxyl groups excluding tert-OH is 2. The second-order valence-corrected chi connectivity index (χ2v) is 13.2. The first-order chi connectivity index (χ1) is 17.5. The number of rotatable bonds is 0. The zero-order chi connectivity index (χ0) is 26.8. The van der Waals surface area contributed by atoms with Gasteiger partial charge in [-0.2, -0.15) is 0 Å². The normalized spacial score (nSPS) is 46.9. The molecule has 7 nitrogen and oxygen atoms in total. The van der Waals surface area contributed by atoms with Gasteiger partial charge in [0.15, 0.2) is 0 Å². The maximum absolute atomic E-state index is 12.4. The second kappa shape index (κ2) is 11.9. The molecule has 3 N–H and O–H groups in total. The maximum Gasteiger partial charge on any atom is 0.305 e. The first-order valence-corrected chi connectivity index (χ1v) is 14.9. The van der Waals surface area contributed by atoms with Gasteiger partial charge in [0.1, 0.15) is 0 Å². The van der Waals surface area contributed by atoms with Crippen LogP contribution < -0.4 is 0 Å². The van der Waals surface area contributed by atoms with Crippen molar-refractivity contribution in [2.75, 3.05) is 13.2 Å². The first kappa shape index (κ1) is 28.8. The molecule has 4 fully saturated rings. The lowest BCUT2D eigenvalue weighted by molar-refractivity contribution is -0.171. The molecule has 7 heteroatoms. The number of hydrogen-bond acceptors (Lipinski definition) is 7. The van der Waals surface area contributed by atoms with E-state index in [-0.39, 0.29) is 65.4 Å². The molecule has 0 amide bonds. The van der Waals surface area contributed by atoms with E-state index in [0.717, 1.165) is 38.5 Å². The predicted molar refractivity (Wildman–Crippen MR) is 139 cm³/mol. The molecule has 0 aromatic heterocycles. The molecule has 0 radical (unpaired) electrons. The lowest BCUT2D eigenvalue weighted by atomic mass is 9.48. The standard InChI is InChI=1S/C30H50O7/c1-19-7-6-15-36-26(33)8-4-5-9-27(34)37-16-13-23-28(24-11-10-22(19)30(24,3)35)25(32)18-20-17-21(31)12-14-29(20,23)2/h19-25,28,31-32,35H,4-18H2,1-3H3/t19-,20+,21-,22-,23+,24+,25-,28-,29+,30-/m1/s1. The Kier molecular flexibility index (Phi) is 9.28. The molecule has 0 aromatic rings. The highest BCUT2D eigenvalue weighted by Gasteiger charge is 2.60. The van der Waals surface area contributed by atoms with Crippen LogP contribution in [0.3, 0.4) is 0 Å². The molecule has 10 atom stereocenters. The van der Waals surface area contributed by atoms with Crippen molar-refractivity contribution in [1.29, 1.82) is 0 Å². The number of esters is 2. The monoisotopic (exact) mass is 522 g/mol. The highest BCUT2D eigenvalue weighted by atomic mass is 16.5. The van der Waals surface area contributed by atoms with Crippen LogP contribution in [0.15, 0.2) is 0 Å². The van der Waals surface area contributed by atoms with Crippen LogP contribution in [0.2, 0.25) is 0 Å². The van der Waals surface area contributed by atoms with E-state index in [1.807, 2.05) is 6.92 Å². The SMILES string of the molecule is C[C@@H]1CCCOC(=O)CCCCC(=O)OCC[C@H]2[C@@H]([C@H](O)C[C@@H]3C[C@H](O)CC[C@@]32C)[C@@H]2CC[C@H]1[C@@]2(C)O. The minimum atomic E-state index is -0.906. The Balaban J connectivity index is 1.59. The summed E-state index contributed by atoms with van der Waals surface area (Å²) in [6.07, 6.45) is 8.07. The van der Waals surface area contributed by atoms with E-state index in [1.54, 1.807) is 0 Å². The molecule has 4 aliphatic rings. The van der Waals surface area contributed by atoms with Crippen molar-refractivity contribution in [3.63, 3.8) is 0 Å². The van der Waals surface area contributed by atoms with Crippen LogP contribution in [-0.2, 0) is 19.1 Å². The van der Waals surface area contributed by atoms with Gasteiger partial charge in [-0.05, 0) is 118 Å². The Morgan fingerprint density at radius 2 is 1.43 bits per heavy atom. The molecule has 0 unspecified atom stereocenters. The van der Waals surface area contributed by atoms with Crippen LogP contribution in [0, 0.1) is 40.9 Å². The summed E-state index contributed by atoms with van der Waals surface area (Å²) < 4.78 is 11.1. The van der Waals surface area contributed by atoms with Gasteiger partial charge in [-0.3, -0.25) is 9.59 Å². The molecule has 1 heterocycles. The van der Waals surface area contributed by atoms with Gasteiger partial charge in [0, 0.05) is 12.8 Å². The fraction of sp³-hybridized carbons (Fsp3) is 0.933. The largest absolute Gasteiger partial charge is 0.466 e. The summed E-state index contributed by atoms with van der Waals surface area (Å²) in [7, 11) is 0. The van der Waals surface area contributed by atoms with Gasteiger partial charge < -0.3 is 24.8 Å². The van der Waals surface area contributed by atoms with Crippen LogP contribution in [-0.4, -0.2) is 58.3 Å². The van der Waals surface area contributed by atoms with Crippen LogP contribution >= 0.6 is 0 Å². The Morgan fingerprint density at radius 3 is 2.14 bits per heavy atom. The van der Waals surface area contributed by atoms with Crippen LogP contribution in [0.4, 0.5) is 0 Å². The number of ether oxygens (including phenoxy) is 2. The van der Waals surface area contributed by atoms with Gasteiger partial charge in [0.05, 0.1) is 31.0 Å². The lowest BCUT2D eigenvalue weighted by Crippen LogP contribution is -2.57. The van der Waals surface area contributed by atoms with Gasteiger partial charge >= 0.3 is 11.9 Å². The van der Waals surface area contributed by atoms with Crippen LogP contribution in [0.25, 0.3) is 0 Å². The van der Waals surface area contributed by atoms with Gasteiger partial charge in [0.2, 0.25) is 0 Å². The quantitative estimate of drug-likeness (QED) is 0.404. The Bertz CT molecular complexity index is 797. The number of carbonyl (C=O) groups is 2. The molecule has 3 aliphatic carbocycles. The molecular weight excluding hydrogens is 472 g/mol. The minimum absolute atomic E-state index is 0.0276. The third-order valence-electron chi connectivity index (χ3n) is 11.0. The van der Waals surface area contributed by atoms with Crippen LogP contribution in [0.5, 0.6) is 0 Å². The summed E-state index contributed by atoms with van der Waals surface area (Å²) in [5.74, 6) is 0.190. The summed E-state index contributed by atoms with van der Waals surface area (Å²) in [6.45, 7) is 7.16. The van der Waals surface area contributed by atoms with E-state index in [9.17, 15) is 24.9 Å². The van der Waals surface area contributed by atoms with Gasteiger partial charge in [0.25, 0.3) is 0 Å². The van der Waals surface area contributed by atoms with Crippen LogP contribution in [0.1, 0.15) is 104 Å². The highest BCUT2D eigenvalue weighted by molar-refractivity contribution is 5.70. The summed E-state index contributed by atoms with van der Waals surface area (Å²) in [6, 6.07) is 0. The number of carbonyl (C=O) groups excluding carboxylic acids is 2. The van der Waals surface area contributed by atoms with E-state index in [0.29, 0.717) is 51.7 Å². The second-order valence-electron chi connectivity index (χ2n) is 13.2. The number of hydrogen-bond donors (Lipinski definition) is 3. The fourth-order valence-corrected chi connectivity index (χ4v) is 8.91. The molecular formula is C30H50O7. The van der Waals surface area contributed by atoms with E-state index < -0.39 is 11.7 Å². The molecule has 3 saturated carbocycles. The summed E-state index contributed by atoms with van der Waals surface area (Å²) >= 11 is 0. The van der Waals surface area contributed by atoms with Crippen molar-refractivity contribution in [3.8, 4) is 0 Å². The molecule has 4 rings (SSSR count). The summed E-state index contributed by atoms with van der Waals surface area (Å²) in [5, 5.41) is 34.0. The Labute approximate surface area is 222 Å². The molecule has 1 aliphatic heterocycles. The molecule has 2 bridgehead atoms. The third-order valence-corrected chi connectivity index (χ3v) is 11.0. The lowest BCUT2D eigenvalue weighted by Gasteiger charge is -2.58. The van der Waals surface area contributed by atoms with Crippen molar-refractivity contribution < 1.29 is 34.4 Å². The van der Waals surface area contributed by atoms with Crippen molar-refractivity contribution in [2.24, 2.45) is 40.9 Å². The number of fused-ring (bicyclic) bond motifs is 6. The van der Waals surface area contributed by atoms with Gasteiger partial charge in [-0.25, -0.2) is 0 Å². The molecule has 37 heavy (non-hydrogen) atoms. The van der Waals surface area contributed by atoms with E-state index in [1.165, 1.54) is 0 Å².